The Kier molecular flexibility index (Phi) is 3.28. The second-order valence-corrected chi connectivity index (χ2v) is 3.51. The fourth-order valence-corrected chi connectivity index (χ4v) is 1.19. The molecule has 0 radical (unpaired) electrons. The molecule has 0 spiro atoms. The van der Waals surface area contributed by atoms with Gasteiger partial charge in [-0.1, -0.05) is 6.07 Å². The summed E-state index contributed by atoms with van der Waals surface area (Å²) >= 11 is 0. The van der Waals surface area contributed by atoms with E-state index >= 15 is 0 Å². The molecular formula is C10H13NO4. The highest BCUT2D eigenvalue weighted by atomic mass is 16.3. The maximum Gasteiger partial charge on any atom is 0.157 e. The Hall–Kier alpha value is -1.59. The van der Waals surface area contributed by atoms with Gasteiger partial charge >= 0.3 is 0 Å². The number of carbonyl (C=O) groups is 1. The second-order valence-electron chi connectivity index (χ2n) is 3.51. The van der Waals surface area contributed by atoms with Gasteiger partial charge in [0, 0.05) is 0 Å². The Morgan fingerprint density at radius 2 is 2.00 bits per heavy atom. The average Bonchev–Trinajstić information content (AvgIpc) is 2.23. The highest BCUT2D eigenvalue weighted by Crippen LogP contribution is 2.26. The third-order valence-corrected chi connectivity index (χ3v) is 2.10. The summed E-state index contributed by atoms with van der Waals surface area (Å²) in [5.41, 5.74) is 4.77. The van der Waals surface area contributed by atoms with Gasteiger partial charge in [0.2, 0.25) is 0 Å². The van der Waals surface area contributed by atoms with Crippen molar-refractivity contribution in [2.75, 3.05) is 6.61 Å². The first-order valence-corrected chi connectivity index (χ1v) is 4.38. The summed E-state index contributed by atoms with van der Waals surface area (Å²) in [5.74, 6) is -0.518. The highest BCUT2D eigenvalue weighted by Gasteiger charge is 2.23. The molecular weight excluding hydrogens is 198 g/mol. The van der Waals surface area contributed by atoms with Gasteiger partial charge in [-0.2, -0.15) is 0 Å². The Morgan fingerprint density at radius 1 is 1.33 bits per heavy atom. The fraction of sp³-hybridized carbons (Fsp3) is 0.300. The topological polar surface area (TPSA) is 104 Å². The monoisotopic (exact) mass is 211 g/mol. The van der Waals surface area contributed by atoms with Gasteiger partial charge in [0.05, 0.1) is 12.1 Å². The van der Waals surface area contributed by atoms with Crippen LogP contribution in [0.15, 0.2) is 18.2 Å². The van der Waals surface area contributed by atoms with E-state index in [9.17, 15) is 9.90 Å². The maximum atomic E-state index is 10.6. The lowest BCUT2D eigenvalue weighted by atomic mass is 9.94. The number of phenols is 2. The van der Waals surface area contributed by atoms with Gasteiger partial charge in [0.25, 0.3) is 0 Å². The summed E-state index contributed by atoms with van der Waals surface area (Å²) in [7, 11) is 0. The van der Waals surface area contributed by atoms with Crippen molar-refractivity contribution in [1.82, 2.24) is 0 Å². The number of benzene rings is 1. The number of aldehydes is 1. The second kappa shape index (κ2) is 4.29. The van der Waals surface area contributed by atoms with E-state index in [2.05, 4.69) is 0 Å². The van der Waals surface area contributed by atoms with Crippen LogP contribution in [0.2, 0.25) is 0 Å². The first-order chi connectivity index (χ1) is 7.00. The summed E-state index contributed by atoms with van der Waals surface area (Å²) in [4.78, 5) is 10.6. The summed E-state index contributed by atoms with van der Waals surface area (Å²) in [5, 5.41) is 27.2. The molecule has 0 saturated carbocycles. The van der Waals surface area contributed by atoms with Crippen molar-refractivity contribution < 1.29 is 20.1 Å². The van der Waals surface area contributed by atoms with Crippen LogP contribution in [-0.2, 0) is 11.2 Å². The smallest absolute Gasteiger partial charge is 0.157 e. The lowest BCUT2D eigenvalue weighted by Crippen LogP contribution is -2.47. The number of aromatic hydroxyl groups is 2. The first-order valence-electron chi connectivity index (χ1n) is 4.38. The number of aliphatic hydroxyl groups is 1. The molecule has 1 aromatic carbocycles. The fourth-order valence-electron chi connectivity index (χ4n) is 1.19. The molecule has 0 aromatic heterocycles. The summed E-state index contributed by atoms with van der Waals surface area (Å²) in [6.07, 6.45) is 0.567. The summed E-state index contributed by atoms with van der Waals surface area (Å²) < 4.78 is 0. The molecule has 1 atom stereocenters. The van der Waals surface area contributed by atoms with E-state index < -0.39 is 12.1 Å². The van der Waals surface area contributed by atoms with Gasteiger partial charge in [0.15, 0.2) is 11.5 Å². The highest BCUT2D eigenvalue weighted by molar-refractivity contribution is 5.65. The number of hydrogen-bond donors (Lipinski definition) is 4. The first kappa shape index (κ1) is 11.5. The van der Waals surface area contributed by atoms with Gasteiger partial charge in [0.1, 0.15) is 6.29 Å². The molecule has 1 rings (SSSR count). The van der Waals surface area contributed by atoms with Crippen LogP contribution in [0.1, 0.15) is 5.56 Å². The van der Waals surface area contributed by atoms with Gasteiger partial charge in [-0.05, 0) is 24.1 Å². The van der Waals surface area contributed by atoms with Gasteiger partial charge in [-0.3, -0.25) is 0 Å². The van der Waals surface area contributed by atoms with Gasteiger partial charge < -0.3 is 25.8 Å². The Bertz CT molecular complexity index is 366. The standard InChI is InChI=1S/C10H13NO4/c11-10(5-12,6-13)4-7-1-2-8(14)9(15)3-7/h1-3,5,13-15H,4,6,11H2/t10-/m1/s1. The van der Waals surface area contributed by atoms with E-state index in [4.69, 9.17) is 15.9 Å². The predicted octanol–water partition coefficient (Wildman–Crippen LogP) is -0.471. The molecule has 0 fully saturated rings. The van der Waals surface area contributed by atoms with E-state index in [0.717, 1.165) is 0 Å². The minimum absolute atomic E-state index is 0.0981. The molecule has 1 aromatic rings. The zero-order valence-corrected chi connectivity index (χ0v) is 8.05. The van der Waals surface area contributed by atoms with Gasteiger partial charge in [-0.15, -0.1) is 0 Å². The number of aliphatic hydroxyl groups excluding tert-OH is 1. The Labute approximate surface area is 86.8 Å². The molecule has 0 unspecified atom stereocenters. The third kappa shape index (κ3) is 2.68. The van der Waals surface area contributed by atoms with E-state index in [1.807, 2.05) is 0 Å². The molecule has 0 amide bonds. The van der Waals surface area contributed by atoms with Crippen LogP contribution in [0.5, 0.6) is 11.5 Å². The normalized spacial score (nSPS) is 14.5. The van der Waals surface area contributed by atoms with Crippen LogP contribution in [0.4, 0.5) is 0 Å². The minimum atomic E-state index is -1.34. The van der Waals surface area contributed by atoms with Crippen LogP contribution in [0.3, 0.4) is 0 Å². The third-order valence-electron chi connectivity index (χ3n) is 2.10. The molecule has 0 aliphatic heterocycles. The van der Waals surface area contributed by atoms with Crippen LogP contribution < -0.4 is 5.73 Å². The van der Waals surface area contributed by atoms with Crippen molar-refractivity contribution >= 4 is 6.29 Å². The van der Waals surface area contributed by atoms with Crippen molar-refractivity contribution in [3.63, 3.8) is 0 Å². The van der Waals surface area contributed by atoms with Crippen molar-refractivity contribution in [2.45, 2.75) is 12.0 Å². The number of phenolic OH excluding ortho intramolecular Hbond substituents is 2. The Balaban J connectivity index is 2.89. The van der Waals surface area contributed by atoms with E-state index in [1.165, 1.54) is 18.2 Å². The summed E-state index contributed by atoms with van der Waals surface area (Å²) in [6.45, 7) is -0.474. The molecule has 82 valence electrons. The molecule has 0 saturated heterocycles. The largest absolute Gasteiger partial charge is 0.504 e. The van der Waals surface area contributed by atoms with Crippen LogP contribution in [0, 0.1) is 0 Å². The maximum absolute atomic E-state index is 10.6. The van der Waals surface area contributed by atoms with Crippen LogP contribution in [0.25, 0.3) is 0 Å². The van der Waals surface area contributed by atoms with Crippen molar-refractivity contribution in [1.29, 1.82) is 0 Å². The molecule has 5 N–H and O–H groups in total. The van der Waals surface area contributed by atoms with Crippen LogP contribution >= 0.6 is 0 Å². The number of carbonyl (C=O) groups excluding carboxylic acids is 1. The number of nitrogens with two attached hydrogens (primary N) is 1. The zero-order valence-electron chi connectivity index (χ0n) is 8.05. The molecule has 0 heterocycles. The van der Waals surface area contributed by atoms with E-state index in [-0.39, 0.29) is 17.9 Å². The number of hydrogen-bond acceptors (Lipinski definition) is 5. The molecule has 5 nitrogen and oxygen atoms in total. The molecule has 15 heavy (non-hydrogen) atoms. The van der Waals surface area contributed by atoms with E-state index in [1.54, 1.807) is 0 Å². The molecule has 0 aliphatic rings. The SMILES string of the molecule is N[C@](C=O)(CO)Cc1ccc(O)c(O)c1. The van der Waals surface area contributed by atoms with Crippen LogP contribution in [-0.4, -0.2) is 33.8 Å². The molecule has 0 bridgehead atoms. The lowest BCUT2D eigenvalue weighted by molar-refractivity contribution is -0.113. The van der Waals surface area contributed by atoms with Crippen molar-refractivity contribution in [3.8, 4) is 11.5 Å². The van der Waals surface area contributed by atoms with Gasteiger partial charge in [-0.25, -0.2) is 0 Å². The van der Waals surface area contributed by atoms with E-state index in [0.29, 0.717) is 11.8 Å². The Morgan fingerprint density at radius 3 is 2.47 bits per heavy atom. The summed E-state index contributed by atoms with van der Waals surface area (Å²) in [6, 6.07) is 4.12. The van der Waals surface area contributed by atoms with Crippen molar-refractivity contribution in [2.24, 2.45) is 5.73 Å². The lowest BCUT2D eigenvalue weighted by Gasteiger charge is -2.19. The molecule has 5 heteroatoms. The number of rotatable bonds is 4. The average molecular weight is 211 g/mol. The minimum Gasteiger partial charge on any atom is -0.504 e. The molecule has 0 aliphatic carbocycles. The quantitative estimate of drug-likeness (QED) is 0.398. The predicted molar refractivity (Wildman–Crippen MR) is 53.5 cm³/mol. The zero-order chi connectivity index (χ0) is 11.5. The van der Waals surface area contributed by atoms with Crippen molar-refractivity contribution in [3.05, 3.63) is 23.8 Å².